The van der Waals surface area contributed by atoms with Crippen LogP contribution < -0.4 is 10.1 Å². The minimum atomic E-state index is 0.324. The Hall–Kier alpha value is -1.81. The molecule has 108 valence electrons. The largest absolute Gasteiger partial charge is 0.488 e. The van der Waals surface area contributed by atoms with Crippen LogP contribution in [0.15, 0.2) is 36.7 Å². The molecule has 1 aromatic carbocycles. The number of rotatable bonds is 7. The van der Waals surface area contributed by atoms with Crippen molar-refractivity contribution in [1.29, 1.82) is 0 Å². The van der Waals surface area contributed by atoms with E-state index in [4.69, 9.17) is 4.74 Å². The Labute approximate surface area is 120 Å². The van der Waals surface area contributed by atoms with Crippen molar-refractivity contribution in [2.24, 2.45) is 0 Å². The van der Waals surface area contributed by atoms with Crippen LogP contribution in [0, 0.1) is 0 Å². The Morgan fingerprint density at radius 2 is 2.10 bits per heavy atom. The fraction of sp³-hybridized carbons (Fsp3) is 0.438. The van der Waals surface area contributed by atoms with Gasteiger partial charge in [-0.2, -0.15) is 5.10 Å². The fourth-order valence-corrected chi connectivity index (χ4v) is 2.29. The van der Waals surface area contributed by atoms with Crippen molar-refractivity contribution < 1.29 is 4.74 Å². The molecule has 4 heteroatoms. The lowest BCUT2D eigenvalue weighted by Gasteiger charge is -2.18. The molecule has 0 radical (unpaired) electrons. The standard InChI is InChI=1S/C16H23N3O/c1-4-15(17-3)14-8-6-7-9-16(14)20-12-13-10-18-19(5-2)11-13/h6-11,15,17H,4-5,12H2,1-3H3. The summed E-state index contributed by atoms with van der Waals surface area (Å²) in [7, 11) is 1.98. The smallest absolute Gasteiger partial charge is 0.124 e. The fourth-order valence-electron chi connectivity index (χ4n) is 2.29. The first kappa shape index (κ1) is 14.6. The van der Waals surface area contributed by atoms with Gasteiger partial charge in [-0.15, -0.1) is 0 Å². The zero-order valence-corrected chi connectivity index (χ0v) is 12.5. The Morgan fingerprint density at radius 1 is 1.30 bits per heavy atom. The molecule has 0 saturated heterocycles. The lowest BCUT2D eigenvalue weighted by Crippen LogP contribution is -2.16. The monoisotopic (exact) mass is 273 g/mol. The first-order valence-corrected chi connectivity index (χ1v) is 7.18. The van der Waals surface area contributed by atoms with Crippen LogP contribution in [0.4, 0.5) is 0 Å². The number of para-hydroxylation sites is 1. The van der Waals surface area contributed by atoms with E-state index >= 15 is 0 Å². The van der Waals surface area contributed by atoms with Gasteiger partial charge in [-0.25, -0.2) is 0 Å². The van der Waals surface area contributed by atoms with Crippen molar-refractivity contribution in [3.63, 3.8) is 0 Å². The van der Waals surface area contributed by atoms with E-state index < -0.39 is 0 Å². The molecule has 0 aliphatic rings. The number of benzene rings is 1. The van der Waals surface area contributed by atoms with Gasteiger partial charge in [0.15, 0.2) is 0 Å². The molecule has 0 bridgehead atoms. The summed E-state index contributed by atoms with van der Waals surface area (Å²) in [5, 5.41) is 7.58. The third kappa shape index (κ3) is 3.39. The van der Waals surface area contributed by atoms with E-state index in [1.165, 1.54) is 5.56 Å². The predicted octanol–water partition coefficient (Wildman–Crippen LogP) is 3.15. The maximum atomic E-state index is 5.97. The van der Waals surface area contributed by atoms with Crippen molar-refractivity contribution in [2.75, 3.05) is 7.05 Å². The molecule has 1 unspecified atom stereocenters. The van der Waals surface area contributed by atoms with E-state index in [1.807, 2.05) is 36.3 Å². The Kier molecular flexibility index (Phi) is 5.18. The Bertz CT molecular complexity index is 532. The lowest BCUT2D eigenvalue weighted by atomic mass is 10.0. The zero-order valence-electron chi connectivity index (χ0n) is 12.5. The maximum absolute atomic E-state index is 5.97. The molecule has 2 aromatic rings. The predicted molar refractivity (Wildman–Crippen MR) is 80.8 cm³/mol. The highest BCUT2D eigenvalue weighted by Gasteiger charge is 2.12. The molecule has 0 saturated carbocycles. The van der Waals surface area contributed by atoms with Crippen LogP contribution in [0.2, 0.25) is 0 Å². The molecular weight excluding hydrogens is 250 g/mol. The summed E-state index contributed by atoms with van der Waals surface area (Å²) in [6.45, 7) is 5.68. The number of hydrogen-bond acceptors (Lipinski definition) is 3. The third-order valence-electron chi connectivity index (χ3n) is 3.46. The SMILES string of the molecule is CCC(NC)c1ccccc1OCc1cnn(CC)c1. The van der Waals surface area contributed by atoms with Crippen LogP contribution in [0.5, 0.6) is 5.75 Å². The quantitative estimate of drug-likeness (QED) is 0.842. The highest BCUT2D eigenvalue weighted by molar-refractivity contribution is 5.36. The summed E-state index contributed by atoms with van der Waals surface area (Å²) >= 11 is 0. The lowest BCUT2D eigenvalue weighted by molar-refractivity contribution is 0.299. The molecule has 0 spiro atoms. The molecule has 1 atom stereocenters. The highest BCUT2D eigenvalue weighted by atomic mass is 16.5. The topological polar surface area (TPSA) is 39.1 Å². The summed E-state index contributed by atoms with van der Waals surface area (Å²) in [6.07, 6.45) is 4.92. The zero-order chi connectivity index (χ0) is 14.4. The van der Waals surface area contributed by atoms with Gasteiger partial charge >= 0.3 is 0 Å². The number of aryl methyl sites for hydroxylation is 1. The van der Waals surface area contributed by atoms with E-state index in [-0.39, 0.29) is 0 Å². The molecular formula is C16H23N3O. The van der Waals surface area contributed by atoms with Crippen LogP contribution in [0.25, 0.3) is 0 Å². The van der Waals surface area contributed by atoms with Gasteiger partial charge in [-0.3, -0.25) is 4.68 Å². The molecule has 0 amide bonds. The van der Waals surface area contributed by atoms with Crippen molar-refractivity contribution in [3.8, 4) is 5.75 Å². The average Bonchev–Trinajstić information content (AvgIpc) is 2.95. The highest BCUT2D eigenvalue weighted by Crippen LogP contribution is 2.27. The third-order valence-corrected chi connectivity index (χ3v) is 3.46. The second-order valence-corrected chi connectivity index (χ2v) is 4.78. The summed E-state index contributed by atoms with van der Waals surface area (Å²) in [6, 6.07) is 8.54. The number of hydrogen-bond donors (Lipinski definition) is 1. The van der Waals surface area contributed by atoms with Crippen LogP contribution >= 0.6 is 0 Å². The second kappa shape index (κ2) is 7.10. The van der Waals surface area contributed by atoms with Crippen molar-refractivity contribution in [3.05, 3.63) is 47.8 Å². The number of aromatic nitrogens is 2. The first-order chi connectivity index (χ1) is 9.78. The molecule has 0 aliphatic heterocycles. The van der Waals surface area contributed by atoms with E-state index in [2.05, 4.69) is 36.4 Å². The molecule has 0 aliphatic carbocycles. The van der Waals surface area contributed by atoms with E-state index in [0.29, 0.717) is 12.6 Å². The molecule has 1 aromatic heterocycles. The summed E-state index contributed by atoms with van der Waals surface area (Å²) in [5.74, 6) is 0.943. The van der Waals surface area contributed by atoms with Gasteiger partial charge in [0.05, 0.1) is 6.20 Å². The van der Waals surface area contributed by atoms with E-state index in [1.54, 1.807) is 0 Å². The maximum Gasteiger partial charge on any atom is 0.124 e. The van der Waals surface area contributed by atoms with Gasteiger partial charge in [0.2, 0.25) is 0 Å². The van der Waals surface area contributed by atoms with Crippen molar-refractivity contribution >= 4 is 0 Å². The normalized spacial score (nSPS) is 12.3. The number of nitrogens with one attached hydrogen (secondary N) is 1. The molecule has 2 rings (SSSR count). The molecule has 4 nitrogen and oxygen atoms in total. The number of nitrogens with zero attached hydrogens (tertiary/aromatic N) is 2. The van der Waals surface area contributed by atoms with Crippen LogP contribution in [-0.4, -0.2) is 16.8 Å². The van der Waals surface area contributed by atoms with Gasteiger partial charge in [-0.1, -0.05) is 25.1 Å². The van der Waals surface area contributed by atoms with Gasteiger partial charge in [0.25, 0.3) is 0 Å². The van der Waals surface area contributed by atoms with E-state index in [0.717, 1.165) is 24.3 Å². The summed E-state index contributed by atoms with van der Waals surface area (Å²) < 4.78 is 7.88. The Morgan fingerprint density at radius 3 is 2.75 bits per heavy atom. The minimum absolute atomic E-state index is 0.324. The summed E-state index contributed by atoms with van der Waals surface area (Å²) in [4.78, 5) is 0. The number of ether oxygens (including phenoxy) is 1. The second-order valence-electron chi connectivity index (χ2n) is 4.78. The first-order valence-electron chi connectivity index (χ1n) is 7.18. The van der Waals surface area contributed by atoms with Gasteiger partial charge < -0.3 is 10.1 Å². The van der Waals surface area contributed by atoms with Crippen LogP contribution in [-0.2, 0) is 13.2 Å². The molecule has 1 N–H and O–H groups in total. The minimum Gasteiger partial charge on any atom is -0.488 e. The van der Waals surface area contributed by atoms with Gasteiger partial charge in [-0.05, 0) is 26.5 Å². The molecule has 20 heavy (non-hydrogen) atoms. The van der Waals surface area contributed by atoms with Crippen molar-refractivity contribution in [1.82, 2.24) is 15.1 Å². The van der Waals surface area contributed by atoms with Gasteiger partial charge in [0, 0.05) is 29.9 Å². The Balaban J connectivity index is 2.09. The molecule has 0 fully saturated rings. The van der Waals surface area contributed by atoms with Crippen molar-refractivity contribution in [2.45, 2.75) is 39.5 Å². The average molecular weight is 273 g/mol. The van der Waals surface area contributed by atoms with Crippen LogP contribution in [0.3, 0.4) is 0 Å². The van der Waals surface area contributed by atoms with E-state index in [9.17, 15) is 0 Å². The van der Waals surface area contributed by atoms with Crippen LogP contribution in [0.1, 0.15) is 37.4 Å². The molecule has 1 heterocycles. The van der Waals surface area contributed by atoms with Gasteiger partial charge in [0.1, 0.15) is 12.4 Å². The summed E-state index contributed by atoms with van der Waals surface area (Å²) in [5.41, 5.74) is 2.31.